The minimum absolute atomic E-state index is 0.605. The topological polar surface area (TPSA) is 25.2 Å². The van der Waals surface area contributed by atoms with Gasteiger partial charge in [0, 0.05) is 18.5 Å². The van der Waals surface area contributed by atoms with Crippen LogP contribution in [0.25, 0.3) is 0 Å². The summed E-state index contributed by atoms with van der Waals surface area (Å²) in [6.07, 6.45) is 12.8. The zero-order valence-corrected chi connectivity index (χ0v) is 12.1. The molecule has 0 saturated heterocycles. The lowest BCUT2D eigenvalue weighted by molar-refractivity contribution is 0.245. The van der Waals surface area contributed by atoms with Gasteiger partial charge in [0.25, 0.3) is 0 Å². The maximum Gasteiger partial charge on any atom is 0.103 e. The SMILES string of the molecule is CC(CCc1ccco1)NC1CCCC(C2CC2)C1. The van der Waals surface area contributed by atoms with E-state index in [-0.39, 0.29) is 0 Å². The number of rotatable bonds is 6. The Morgan fingerprint density at radius 3 is 2.89 bits per heavy atom. The van der Waals surface area contributed by atoms with Crippen LogP contribution in [-0.2, 0) is 6.42 Å². The van der Waals surface area contributed by atoms with Gasteiger partial charge in [-0.05, 0) is 63.0 Å². The largest absolute Gasteiger partial charge is 0.469 e. The first-order valence-corrected chi connectivity index (χ1v) is 8.09. The van der Waals surface area contributed by atoms with E-state index >= 15 is 0 Å². The smallest absolute Gasteiger partial charge is 0.103 e. The van der Waals surface area contributed by atoms with Crippen LogP contribution in [0.15, 0.2) is 22.8 Å². The van der Waals surface area contributed by atoms with Crippen molar-refractivity contribution in [2.24, 2.45) is 11.8 Å². The van der Waals surface area contributed by atoms with Gasteiger partial charge in [-0.2, -0.15) is 0 Å². The molecule has 2 nitrogen and oxygen atoms in total. The van der Waals surface area contributed by atoms with E-state index in [2.05, 4.69) is 18.3 Å². The minimum atomic E-state index is 0.605. The monoisotopic (exact) mass is 261 g/mol. The fourth-order valence-corrected chi connectivity index (χ4v) is 3.67. The minimum Gasteiger partial charge on any atom is -0.469 e. The molecule has 0 spiro atoms. The molecule has 0 amide bonds. The quantitative estimate of drug-likeness (QED) is 0.832. The highest BCUT2D eigenvalue weighted by atomic mass is 16.3. The first kappa shape index (κ1) is 13.2. The third-order valence-electron chi connectivity index (χ3n) is 4.93. The van der Waals surface area contributed by atoms with Crippen molar-refractivity contribution in [2.45, 2.75) is 70.4 Å². The molecule has 1 heterocycles. The second kappa shape index (κ2) is 6.13. The molecule has 0 bridgehead atoms. The van der Waals surface area contributed by atoms with Gasteiger partial charge in [-0.1, -0.05) is 12.8 Å². The van der Waals surface area contributed by atoms with Gasteiger partial charge in [-0.15, -0.1) is 0 Å². The Balaban J connectivity index is 1.39. The molecule has 3 rings (SSSR count). The molecule has 3 unspecified atom stereocenters. The third-order valence-corrected chi connectivity index (χ3v) is 4.93. The van der Waals surface area contributed by atoms with E-state index in [0.717, 1.165) is 30.1 Å². The van der Waals surface area contributed by atoms with E-state index in [1.165, 1.54) is 44.9 Å². The van der Waals surface area contributed by atoms with Crippen molar-refractivity contribution in [1.82, 2.24) is 5.32 Å². The van der Waals surface area contributed by atoms with Gasteiger partial charge in [0.1, 0.15) is 5.76 Å². The van der Waals surface area contributed by atoms with Crippen molar-refractivity contribution >= 4 is 0 Å². The highest BCUT2D eigenvalue weighted by molar-refractivity contribution is 4.98. The Labute approximate surface area is 117 Å². The predicted octanol–water partition coefficient (Wildman–Crippen LogP) is 4.16. The van der Waals surface area contributed by atoms with E-state index in [9.17, 15) is 0 Å². The summed E-state index contributed by atoms with van der Waals surface area (Å²) < 4.78 is 5.40. The van der Waals surface area contributed by atoms with Crippen molar-refractivity contribution < 1.29 is 4.42 Å². The van der Waals surface area contributed by atoms with Crippen molar-refractivity contribution in [1.29, 1.82) is 0 Å². The highest BCUT2D eigenvalue weighted by Crippen LogP contribution is 2.43. The van der Waals surface area contributed by atoms with E-state index in [1.807, 2.05) is 6.07 Å². The Bertz CT molecular complexity index is 369. The van der Waals surface area contributed by atoms with Crippen molar-refractivity contribution in [3.8, 4) is 0 Å². The van der Waals surface area contributed by atoms with Gasteiger partial charge in [0.15, 0.2) is 0 Å². The summed E-state index contributed by atoms with van der Waals surface area (Å²) in [6, 6.07) is 5.43. The first-order valence-electron chi connectivity index (χ1n) is 8.09. The van der Waals surface area contributed by atoms with Gasteiger partial charge in [0.05, 0.1) is 6.26 Å². The van der Waals surface area contributed by atoms with Crippen LogP contribution >= 0.6 is 0 Å². The van der Waals surface area contributed by atoms with Gasteiger partial charge in [-0.3, -0.25) is 0 Å². The molecular weight excluding hydrogens is 234 g/mol. The molecule has 2 saturated carbocycles. The summed E-state index contributed by atoms with van der Waals surface area (Å²) in [4.78, 5) is 0. The van der Waals surface area contributed by atoms with Crippen LogP contribution in [0.2, 0.25) is 0 Å². The van der Waals surface area contributed by atoms with Crippen LogP contribution in [0.1, 0.15) is 57.6 Å². The average molecular weight is 261 g/mol. The van der Waals surface area contributed by atoms with E-state index < -0.39 is 0 Å². The summed E-state index contributed by atoms with van der Waals surface area (Å²) in [7, 11) is 0. The number of hydrogen-bond donors (Lipinski definition) is 1. The molecule has 1 N–H and O–H groups in total. The molecule has 2 heteroatoms. The zero-order valence-electron chi connectivity index (χ0n) is 12.1. The highest BCUT2D eigenvalue weighted by Gasteiger charge is 2.34. The first-order chi connectivity index (χ1) is 9.31. The molecule has 1 aromatic rings. The zero-order chi connectivity index (χ0) is 13.1. The van der Waals surface area contributed by atoms with Gasteiger partial charge in [-0.25, -0.2) is 0 Å². The fourth-order valence-electron chi connectivity index (χ4n) is 3.67. The molecule has 106 valence electrons. The lowest BCUT2D eigenvalue weighted by Gasteiger charge is -2.32. The van der Waals surface area contributed by atoms with Crippen LogP contribution in [0.4, 0.5) is 0 Å². The Hall–Kier alpha value is -0.760. The van der Waals surface area contributed by atoms with Gasteiger partial charge >= 0.3 is 0 Å². The molecule has 19 heavy (non-hydrogen) atoms. The molecule has 1 aromatic heterocycles. The Morgan fingerprint density at radius 2 is 2.16 bits per heavy atom. The van der Waals surface area contributed by atoms with Crippen LogP contribution in [-0.4, -0.2) is 12.1 Å². The molecule has 2 aliphatic carbocycles. The predicted molar refractivity (Wildman–Crippen MR) is 78.1 cm³/mol. The summed E-state index contributed by atoms with van der Waals surface area (Å²) in [5.74, 6) is 3.24. The van der Waals surface area contributed by atoms with E-state index in [1.54, 1.807) is 6.26 Å². The molecule has 2 aliphatic rings. The maximum atomic E-state index is 5.40. The second-order valence-electron chi connectivity index (χ2n) is 6.65. The lowest BCUT2D eigenvalue weighted by Crippen LogP contribution is -2.40. The standard InChI is InChI=1S/C17H27NO/c1-13(7-10-17-6-3-11-19-17)18-16-5-2-4-15(12-16)14-8-9-14/h3,6,11,13-16,18H,2,4-5,7-10,12H2,1H3. The van der Waals surface area contributed by atoms with Gasteiger partial charge in [0.2, 0.25) is 0 Å². The Morgan fingerprint density at radius 1 is 1.26 bits per heavy atom. The summed E-state index contributed by atoms with van der Waals surface area (Å²) in [5, 5.41) is 3.85. The number of hydrogen-bond acceptors (Lipinski definition) is 2. The molecule has 0 radical (unpaired) electrons. The van der Waals surface area contributed by atoms with Gasteiger partial charge < -0.3 is 9.73 Å². The fraction of sp³-hybridized carbons (Fsp3) is 0.765. The normalized spacial score (nSPS) is 29.3. The average Bonchev–Trinajstić information content (AvgIpc) is 3.14. The van der Waals surface area contributed by atoms with Crippen molar-refractivity contribution in [2.75, 3.05) is 0 Å². The maximum absolute atomic E-state index is 5.40. The third kappa shape index (κ3) is 3.85. The molecule has 0 aliphatic heterocycles. The molecular formula is C17H27NO. The second-order valence-corrected chi connectivity index (χ2v) is 6.65. The van der Waals surface area contributed by atoms with E-state index in [4.69, 9.17) is 4.42 Å². The summed E-state index contributed by atoms with van der Waals surface area (Å²) in [6.45, 7) is 2.32. The molecule has 3 atom stereocenters. The summed E-state index contributed by atoms with van der Waals surface area (Å²) >= 11 is 0. The number of furan rings is 1. The van der Waals surface area contributed by atoms with E-state index in [0.29, 0.717) is 6.04 Å². The van der Waals surface area contributed by atoms with Crippen LogP contribution in [0.5, 0.6) is 0 Å². The van der Waals surface area contributed by atoms with Crippen LogP contribution in [0, 0.1) is 11.8 Å². The van der Waals surface area contributed by atoms with Crippen LogP contribution in [0.3, 0.4) is 0 Å². The summed E-state index contributed by atoms with van der Waals surface area (Å²) in [5.41, 5.74) is 0. The lowest BCUT2D eigenvalue weighted by atomic mass is 9.82. The number of nitrogens with one attached hydrogen (secondary N) is 1. The number of aryl methyl sites for hydroxylation is 1. The van der Waals surface area contributed by atoms with Crippen molar-refractivity contribution in [3.05, 3.63) is 24.2 Å². The molecule has 2 fully saturated rings. The van der Waals surface area contributed by atoms with Crippen molar-refractivity contribution in [3.63, 3.8) is 0 Å². The molecule has 0 aromatic carbocycles. The Kier molecular flexibility index (Phi) is 4.27. The van der Waals surface area contributed by atoms with Crippen LogP contribution < -0.4 is 5.32 Å².